The summed E-state index contributed by atoms with van der Waals surface area (Å²) in [6.45, 7) is 4.40. The molecule has 2 unspecified atom stereocenters. The van der Waals surface area contributed by atoms with E-state index >= 15 is 0 Å². The molecule has 0 aliphatic carbocycles. The van der Waals surface area contributed by atoms with Crippen LogP contribution < -0.4 is 5.32 Å². The predicted molar refractivity (Wildman–Crippen MR) is 74.5 cm³/mol. The summed E-state index contributed by atoms with van der Waals surface area (Å²) in [5.74, 6) is 1.03. The number of hydrogen-bond donors (Lipinski definition) is 1. The van der Waals surface area contributed by atoms with Crippen molar-refractivity contribution in [2.75, 3.05) is 0 Å². The molecule has 0 aliphatic heterocycles. The fourth-order valence-electron chi connectivity index (χ4n) is 2.26. The van der Waals surface area contributed by atoms with Gasteiger partial charge in [0.2, 0.25) is 0 Å². The Morgan fingerprint density at radius 2 is 1.89 bits per heavy atom. The molecule has 1 aromatic carbocycles. The highest BCUT2D eigenvalue weighted by molar-refractivity contribution is 5.16. The Balaban J connectivity index is 1.92. The fourth-order valence-corrected chi connectivity index (χ4v) is 2.26. The lowest BCUT2D eigenvalue weighted by molar-refractivity contribution is 0.371. The number of benzene rings is 1. The Hall–Kier alpha value is -1.54. The molecule has 0 aliphatic rings. The molecule has 1 N–H and O–H groups in total. The Kier molecular flexibility index (Phi) is 4.59. The second-order valence-corrected chi connectivity index (χ2v) is 4.73. The third kappa shape index (κ3) is 3.47. The maximum Gasteiger partial charge on any atom is 0.120 e. The summed E-state index contributed by atoms with van der Waals surface area (Å²) in [5.41, 5.74) is 1.37. The Bertz CT molecular complexity index is 435. The predicted octanol–water partition coefficient (Wildman–Crippen LogP) is 3.95. The molecule has 2 heteroatoms. The van der Waals surface area contributed by atoms with E-state index in [0.29, 0.717) is 12.1 Å². The number of nitrogens with one attached hydrogen (secondary N) is 1. The van der Waals surface area contributed by atoms with E-state index in [1.165, 1.54) is 5.56 Å². The topological polar surface area (TPSA) is 25.2 Å². The first-order chi connectivity index (χ1) is 8.79. The highest BCUT2D eigenvalue weighted by atomic mass is 16.3. The highest BCUT2D eigenvalue weighted by Gasteiger charge is 2.14. The molecule has 0 saturated heterocycles. The molecule has 0 spiro atoms. The van der Waals surface area contributed by atoms with Crippen molar-refractivity contribution in [3.63, 3.8) is 0 Å². The first-order valence-electron chi connectivity index (χ1n) is 6.63. The van der Waals surface area contributed by atoms with Gasteiger partial charge in [-0.3, -0.25) is 0 Å². The molecule has 0 fully saturated rings. The molecule has 0 saturated carbocycles. The first kappa shape index (κ1) is 12.9. The van der Waals surface area contributed by atoms with Crippen LogP contribution in [0.3, 0.4) is 0 Å². The van der Waals surface area contributed by atoms with Gasteiger partial charge in [0.25, 0.3) is 0 Å². The minimum Gasteiger partial charge on any atom is -0.468 e. The lowest BCUT2D eigenvalue weighted by Crippen LogP contribution is -2.31. The van der Waals surface area contributed by atoms with Gasteiger partial charge >= 0.3 is 0 Å². The molecule has 2 atom stereocenters. The van der Waals surface area contributed by atoms with Crippen molar-refractivity contribution in [1.29, 1.82) is 0 Å². The monoisotopic (exact) mass is 243 g/mol. The van der Waals surface area contributed by atoms with Gasteiger partial charge in [0.05, 0.1) is 12.3 Å². The molecule has 2 rings (SSSR count). The van der Waals surface area contributed by atoms with E-state index in [1.54, 1.807) is 6.26 Å². The second kappa shape index (κ2) is 6.41. The minimum absolute atomic E-state index is 0.304. The fraction of sp³-hybridized carbons (Fsp3) is 0.375. The van der Waals surface area contributed by atoms with Gasteiger partial charge in [0.15, 0.2) is 0 Å². The summed E-state index contributed by atoms with van der Waals surface area (Å²) in [5, 5.41) is 3.62. The van der Waals surface area contributed by atoms with Gasteiger partial charge in [-0.1, -0.05) is 37.3 Å². The van der Waals surface area contributed by atoms with Crippen LogP contribution >= 0.6 is 0 Å². The minimum atomic E-state index is 0.304. The van der Waals surface area contributed by atoms with Gasteiger partial charge in [-0.2, -0.15) is 0 Å². The molecular formula is C16H21NO. The Morgan fingerprint density at radius 3 is 2.50 bits per heavy atom. The van der Waals surface area contributed by atoms with E-state index in [4.69, 9.17) is 4.42 Å². The van der Waals surface area contributed by atoms with Gasteiger partial charge in [0.1, 0.15) is 5.76 Å². The van der Waals surface area contributed by atoms with E-state index in [2.05, 4.69) is 49.5 Å². The average molecular weight is 243 g/mol. The zero-order valence-corrected chi connectivity index (χ0v) is 11.1. The number of rotatable bonds is 6. The molecule has 0 bridgehead atoms. The highest BCUT2D eigenvalue weighted by Crippen LogP contribution is 2.18. The Labute approximate surface area is 109 Å². The molecule has 2 nitrogen and oxygen atoms in total. The van der Waals surface area contributed by atoms with Crippen LogP contribution in [0.5, 0.6) is 0 Å². The van der Waals surface area contributed by atoms with E-state index in [1.807, 2.05) is 12.1 Å². The van der Waals surface area contributed by atoms with E-state index < -0.39 is 0 Å². The normalized spacial score (nSPS) is 14.3. The third-order valence-electron chi connectivity index (χ3n) is 3.17. The summed E-state index contributed by atoms with van der Waals surface area (Å²) >= 11 is 0. The molecule has 96 valence electrons. The van der Waals surface area contributed by atoms with Crippen LogP contribution in [0.4, 0.5) is 0 Å². The van der Waals surface area contributed by atoms with Crippen LogP contribution in [0.25, 0.3) is 0 Å². The third-order valence-corrected chi connectivity index (χ3v) is 3.17. The van der Waals surface area contributed by atoms with Crippen molar-refractivity contribution in [2.45, 2.75) is 38.8 Å². The quantitative estimate of drug-likeness (QED) is 0.831. The lowest BCUT2D eigenvalue weighted by atomic mass is 10.1. The lowest BCUT2D eigenvalue weighted by Gasteiger charge is -2.20. The largest absolute Gasteiger partial charge is 0.468 e. The van der Waals surface area contributed by atoms with Gasteiger partial charge in [-0.25, -0.2) is 0 Å². The van der Waals surface area contributed by atoms with Gasteiger partial charge in [-0.05, 0) is 37.5 Å². The molecule has 0 radical (unpaired) electrons. The van der Waals surface area contributed by atoms with Crippen LogP contribution in [0.2, 0.25) is 0 Å². The molecule has 2 aromatic rings. The van der Waals surface area contributed by atoms with Crippen molar-refractivity contribution in [1.82, 2.24) is 5.32 Å². The summed E-state index contributed by atoms with van der Waals surface area (Å²) in [4.78, 5) is 0. The van der Waals surface area contributed by atoms with Crippen LogP contribution in [-0.2, 0) is 6.42 Å². The van der Waals surface area contributed by atoms with E-state index in [9.17, 15) is 0 Å². The van der Waals surface area contributed by atoms with E-state index in [-0.39, 0.29) is 0 Å². The SMILES string of the molecule is CCC(NC(C)Cc1ccccc1)c1ccco1. The molecule has 1 aromatic heterocycles. The maximum atomic E-state index is 5.48. The van der Waals surface area contributed by atoms with Gasteiger partial charge in [0, 0.05) is 6.04 Å². The molecule has 18 heavy (non-hydrogen) atoms. The van der Waals surface area contributed by atoms with Crippen LogP contribution in [0, 0.1) is 0 Å². The van der Waals surface area contributed by atoms with Crippen LogP contribution in [0.15, 0.2) is 53.1 Å². The Morgan fingerprint density at radius 1 is 1.11 bits per heavy atom. The van der Waals surface area contributed by atoms with Crippen molar-refractivity contribution >= 4 is 0 Å². The summed E-state index contributed by atoms with van der Waals surface area (Å²) in [6, 6.07) is 15.3. The standard InChI is InChI=1S/C16H21NO/c1-3-15(16-10-7-11-18-16)17-13(2)12-14-8-5-4-6-9-14/h4-11,13,15,17H,3,12H2,1-2H3. The smallest absolute Gasteiger partial charge is 0.120 e. The van der Waals surface area contributed by atoms with Gasteiger partial charge in [-0.15, -0.1) is 0 Å². The van der Waals surface area contributed by atoms with Crippen molar-refractivity contribution < 1.29 is 4.42 Å². The van der Waals surface area contributed by atoms with Crippen LogP contribution in [-0.4, -0.2) is 6.04 Å². The zero-order valence-electron chi connectivity index (χ0n) is 11.1. The maximum absolute atomic E-state index is 5.48. The van der Waals surface area contributed by atoms with Crippen LogP contribution in [0.1, 0.15) is 37.6 Å². The zero-order chi connectivity index (χ0) is 12.8. The van der Waals surface area contributed by atoms with Crippen molar-refractivity contribution in [3.8, 4) is 0 Å². The number of furan rings is 1. The molecule has 1 heterocycles. The summed E-state index contributed by atoms with van der Waals surface area (Å²) < 4.78 is 5.48. The van der Waals surface area contributed by atoms with Crippen molar-refractivity contribution in [3.05, 3.63) is 60.1 Å². The van der Waals surface area contributed by atoms with E-state index in [0.717, 1.165) is 18.6 Å². The summed E-state index contributed by atoms with van der Waals surface area (Å²) in [6.07, 6.45) is 3.81. The molecule has 0 amide bonds. The average Bonchev–Trinajstić information content (AvgIpc) is 2.91. The summed E-state index contributed by atoms with van der Waals surface area (Å²) in [7, 11) is 0. The second-order valence-electron chi connectivity index (χ2n) is 4.73. The molecular weight excluding hydrogens is 222 g/mol. The van der Waals surface area contributed by atoms with Crippen molar-refractivity contribution in [2.24, 2.45) is 0 Å². The first-order valence-corrected chi connectivity index (χ1v) is 6.63. The van der Waals surface area contributed by atoms with Gasteiger partial charge < -0.3 is 9.73 Å². The number of hydrogen-bond acceptors (Lipinski definition) is 2.